The molecule has 0 saturated heterocycles. The summed E-state index contributed by atoms with van der Waals surface area (Å²) in [6, 6.07) is 18.7. The molecule has 0 radical (unpaired) electrons. The maximum atomic E-state index is 12.0. The minimum absolute atomic E-state index is 0.186. The second-order valence-corrected chi connectivity index (χ2v) is 6.84. The number of carbonyl (C=O) groups is 2. The van der Waals surface area contributed by atoms with Crippen molar-refractivity contribution in [3.05, 3.63) is 89.0 Å². The molecule has 3 N–H and O–H groups in total. The zero-order valence-corrected chi connectivity index (χ0v) is 17.7. The molecule has 0 bridgehead atoms. The lowest BCUT2D eigenvalue weighted by atomic mass is 10.1. The highest BCUT2D eigenvalue weighted by Gasteiger charge is 2.08. The Morgan fingerprint density at radius 3 is 2.59 bits per heavy atom. The number of para-hydroxylation sites is 1. The lowest BCUT2D eigenvalue weighted by Crippen LogP contribution is -2.24. The van der Waals surface area contributed by atoms with E-state index in [0.29, 0.717) is 22.7 Å². The van der Waals surface area contributed by atoms with Crippen LogP contribution in [0.5, 0.6) is 11.5 Å². The summed E-state index contributed by atoms with van der Waals surface area (Å²) >= 11 is 0. The van der Waals surface area contributed by atoms with E-state index in [1.165, 1.54) is 19.4 Å². The number of rotatable bonds is 8. The number of aryl methyl sites for hydroxylation is 1. The van der Waals surface area contributed by atoms with Gasteiger partial charge in [-0.25, -0.2) is 15.0 Å². The molecule has 3 aromatic carbocycles. The molecule has 0 aromatic heterocycles. The van der Waals surface area contributed by atoms with Crippen molar-refractivity contribution >= 4 is 23.9 Å². The van der Waals surface area contributed by atoms with Gasteiger partial charge in [0, 0.05) is 5.69 Å². The fourth-order valence-electron chi connectivity index (χ4n) is 2.87. The van der Waals surface area contributed by atoms with Crippen molar-refractivity contribution in [3.8, 4) is 11.5 Å². The number of benzene rings is 3. The van der Waals surface area contributed by atoms with Gasteiger partial charge in [0.1, 0.15) is 6.61 Å². The maximum absolute atomic E-state index is 12.0. The Bertz CT molecular complexity index is 1140. The molecule has 8 heteroatoms. The topological polar surface area (TPSA) is 109 Å². The zero-order chi connectivity index (χ0) is 22.9. The summed E-state index contributed by atoms with van der Waals surface area (Å²) in [5.41, 5.74) is 5.69. The van der Waals surface area contributed by atoms with E-state index in [9.17, 15) is 9.59 Å². The van der Waals surface area contributed by atoms with Gasteiger partial charge < -0.3 is 19.9 Å². The molecule has 0 atom stereocenters. The van der Waals surface area contributed by atoms with Crippen LogP contribution in [0.15, 0.2) is 71.8 Å². The predicted molar refractivity (Wildman–Crippen MR) is 122 cm³/mol. The average molecular weight is 433 g/mol. The van der Waals surface area contributed by atoms with E-state index in [4.69, 9.17) is 14.6 Å². The van der Waals surface area contributed by atoms with Crippen molar-refractivity contribution in [1.82, 2.24) is 5.43 Å². The summed E-state index contributed by atoms with van der Waals surface area (Å²) in [6.07, 6.45) is 1.49. The molecule has 0 spiro atoms. The molecular weight excluding hydrogens is 410 g/mol. The van der Waals surface area contributed by atoms with Gasteiger partial charge in [-0.3, -0.25) is 0 Å². The number of anilines is 1. The number of nitrogens with zero attached hydrogens (tertiary/aromatic N) is 1. The lowest BCUT2D eigenvalue weighted by molar-refractivity contribution is 0.0696. The van der Waals surface area contributed by atoms with Gasteiger partial charge >= 0.3 is 12.0 Å². The van der Waals surface area contributed by atoms with E-state index < -0.39 is 12.0 Å². The smallest absolute Gasteiger partial charge is 0.339 e. The van der Waals surface area contributed by atoms with E-state index >= 15 is 0 Å². The van der Waals surface area contributed by atoms with E-state index in [2.05, 4.69) is 15.8 Å². The molecule has 0 unspecified atom stereocenters. The number of urea groups is 1. The molecule has 3 aromatic rings. The normalized spacial score (nSPS) is 10.6. The molecule has 0 heterocycles. The predicted octanol–water partition coefficient (Wildman–Crippen LogP) is 4.44. The van der Waals surface area contributed by atoms with Gasteiger partial charge in [-0.2, -0.15) is 5.10 Å². The number of ether oxygens (including phenoxy) is 2. The lowest BCUT2D eigenvalue weighted by Gasteiger charge is -2.11. The third-order valence-corrected chi connectivity index (χ3v) is 4.53. The molecule has 0 aliphatic heterocycles. The van der Waals surface area contributed by atoms with Crippen LogP contribution in [0.3, 0.4) is 0 Å². The largest absolute Gasteiger partial charge is 0.493 e. The summed E-state index contributed by atoms with van der Waals surface area (Å²) in [7, 11) is 1.52. The van der Waals surface area contributed by atoms with Crippen LogP contribution < -0.4 is 20.2 Å². The minimum Gasteiger partial charge on any atom is -0.493 e. The van der Waals surface area contributed by atoms with Gasteiger partial charge in [-0.15, -0.1) is 0 Å². The van der Waals surface area contributed by atoms with Crippen molar-refractivity contribution < 1.29 is 24.2 Å². The Morgan fingerprint density at radius 2 is 1.84 bits per heavy atom. The monoisotopic (exact) mass is 433 g/mol. The minimum atomic E-state index is -0.991. The third kappa shape index (κ3) is 6.09. The molecular formula is C24H23N3O5. The molecule has 0 aliphatic carbocycles. The molecule has 0 aliphatic rings. The van der Waals surface area contributed by atoms with E-state index in [1.54, 1.807) is 42.5 Å². The molecule has 2 amide bonds. The van der Waals surface area contributed by atoms with Crippen LogP contribution in [0.1, 0.15) is 27.0 Å². The number of carbonyl (C=O) groups excluding carboxylic acids is 1. The molecule has 3 rings (SSSR count). The molecule has 164 valence electrons. The molecule has 32 heavy (non-hydrogen) atoms. The van der Waals surface area contributed by atoms with Gasteiger partial charge in [-0.1, -0.05) is 30.3 Å². The first-order valence-corrected chi connectivity index (χ1v) is 9.75. The third-order valence-electron chi connectivity index (χ3n) is 4.53. The number of carboxylic acids is 1. The first kappa shape index (κ1) is 22.4. The number of amides is 2. The standard InChI is InChI=1S/C24H23N3O5/c1-16-6-3-4-9-20(16)26-24(30)27-25-14-17-10-11-21(22(13-17)31-2)32-15-18-7-5-8-19(12-18)23(28)29/h3-14H,15H2,1-2H3,(H,28,29)(H2,26,27,30)/b25-14+. The number of aromatic carboxylic acids is 1. The maximum Gasteiger partial charge on any atom is 0.339 e. The van der Waals surface area contributed by atoms with Gasteiger partial charge in [0.2, 0.25) is 0 Å². The Hall–Kier alpha value is -4.33. The molecule has 8 nitrogen and oxygen atoms in total. The highest BCUT2D eigenvalue weighted by molar-refractivity contribution is 5.91. The first-order chi connectivity index (χ1) is 15.5. The fourth-order valence-corrected chi connectivity index (χ4v) is 2.87. The zero-order valence-electron chi connectivity index (χ0n) is 17.7. The Morgan fingerprint density at radius 1 is 1.03 bits per heavy atom. The van der Waals surface area contributed by atoms with Crippen molar-refractivity contribution in [2.45, 2.75) is 13.5 Å². The quantitative estimate of drug-likeness (QED) is 0.360. The Labute approximate surface area is 185 Å². The van der Waals surface area contributed by atoms with E-state index in [0.717, 1.165) is 11.1 Å². The summed E-state index contributed by atoms with van der Waals surface area (Å²) in [6.45, 7) is 2.09. The van der Waals surface area contributed by atoms with Crippen LogP contribution in [0.25, 0.3) is 0 Å². The van der Waals surface area contributed by atoms with Gasteiger partial charge in [0.15, 0.2) is 11.5 Å². The summed E-state index contributed by atoms with van der Waals surface area (Å²) in [4.78, 5) is 23.1. The van der Waals surface area contributed by atoms with E-state index in [1.807, 2.05) is 25.1 Å². The Kier molecular flexibility index (Phi) is 7.42. The van der Waals surface area contributed by atoms with Crippen LogP contribution in [-0.4, -0.2) is 30.4 Å². The van der Waals surface area contributed by atoms with Crippen LogP contribution in [0.2, 0.25) is 0 Å². The van der Waals surface area contributed by atoms with Crippen molar-refractivity contribution in [2.24, 2.45) is 5.10 Å². The number of methoxy groups -OCH3 is 1. The van der Waals surface area contributed by atoms with E-state index in [-0.39, 0.29) is 12.2 Å². The van der Waals surface area contributed by atoms with Crippen molar-refractivity contribution in [1.29, 1.82) is 0 Å². The SMILES string of the molecule is COc1cc(/C=N/NC(=O)Nc2ccccc2C)ccc1OCc1cccc(C(=O)O)c1. The molecule has 0 fully saturated rings. The number of nitrogens with one attached hydrogen (secondary N) is 2. The highest BCUT2D eigenvalue weighted by Crippen LogP contribution is 2.28. The number of hydrogen-bond donors (Lipinski definition) is 3. The van der Waals surface area contributed by atoms with Crippen LogP contribution in [0, 0.1) is 6.92 Å². The van der Waals surface area contributed by atoms with Gasteiger partial charge in [-0.05, 0) is 60.0 Å². The molecule has 0 saturated carbocycles. The second-order valence-electron chi connectivity index (χ2n) is 6.84. The average Bonchev–Trinajstić information content (AvgIpc) is 2.79. The van der Waals surface area contributed by atoms with Gasteiger partial charge in [0.05, 0.1) is 18.9 Å². The summed E-state index contributed by atoms with van der Waals surface area (Å²) in [5, 5.41) is 15.8. The van der Waals surface area contributed by atoms with Crippen molar-refractivity contribution in [2.75, 3.05) is 12.4 Å². The second kappa shape index (κ2) is 10.6. The number of hydrogen-bond acceptors (Lipinski definition) is 5. The van der Waals surface area contributed by atoms with Crippen LogP contribution >= 0.6 is 0 Å². The Balaban J connectivity index is 1.59. The summed E-state index contributed by atoms with van der Waals surface area (Å²) in [5.74, 6) is -0.0161. The fraction of sp³-hybridized carbons (Fsp3) is 0.125. The van der Waals surface area contributed by atoms with Crippen LogP contribution in [-0.2, 0) is 6.61 Å². The first-order valence-electron chi connectivity index (χ1n) is 9.75. The number of hydrazone groups is 1. The van der Waals surface area contributed by atoms with Crippen molar-refractivity contribution in [3.63, 3.8) is 0 Å². The van der Waals surface area contributed by atoms with Gasteiger partial charge in [0.25, 0.3) is 0 Å². The highest BCUT2D eigenvalue weighted by atomic mass is 16.5. The number of carboxylic acid groups (broad SMARTS) is 1. The summed E-state index contributed by atoms with van der Waals surface area (Å²) < 4.78 is 11.2. The van der Waals surface area contributed by atoms with Crippen LogP contribution in [0.4, 0.5) is 10.5 Å².